The Balaban J connectivity index is 0.000000310. The van der Waals surface area contributed by atoms with Crippen molar-refractivity contribution in [1.29, 1.82) is 0 Å². The summed E-state index contributed by atoms with van der Waals surface area (Å²) in [6.45, 7) is 10.4. The fourth-order valence-electron chi connectivity index (χ4n) is 1.25. The lowest BCUT2D eigenvalue weighted by Crippen LogP contribution is -2.30. The van der Waals surface area contributed by atoms with Gasteiger partial charge in [0.15, 0.2) is 0 Å². The predicted molar refractivity (Wildman–Crippen MR) is 58.6 cm³/mol. The molecule has 0 saturated carbocycles. The van der Waals surface area contributed by atoms with Gasteiger partial charge in [-0.2, -0.15) is 0 Å². The fourth-order valence-corrected chi connectivity index (χ4v) is 1.25. The fraction of sp³-hybridized carbons (Fsp3) is 1.00. The number of nitrogens with two attached hydrogens (primary N) is 2. The van der Waals surface area contributed by atoms with E-state index in [9.17, 15) is 0 Å². The van der Waals surface area contributed by atoms with Crippen LogP contribution in [0, 0.1) is 5.92 Å². The third-order valence-electron chi connectivity index (χ3n) is 1.75. The van der Waals surface area contributed by atoms with Crippen molar-refractivity contribution in [2.75, 3.05) is 26.2 Å². The average molecular weight is 187 g/mol. The summed E-state index contributed by atoms with van der Waals surface area (Å²) in [5, 5.41) is 0. The van der Waals surface area contributed by atoms with Gasteiger partial charge >= 0.3 is 0 Å². The minimum absolute atomic E-state index is 0.400. The van der Waals surface area contributed by atoms with Gasteiger partial charge in [-0.1, -0.05) is 20.8 Å². The van der Waals surface area contributed by atoms with E-state index < -0.39 is 0 Å². The van der Waals surface area contributed by atoms with E-state index in [0.29, 0.717) is 6.04 Å². The van der Waals surface area contributed by atoms with Gasteiger partial charge in [-0.15, -0.1) is 0 Å². The minimum Gasteiger partial charge on any atom is -0.329 e. The molecule has 0 aromatic rings. The highest BCUT2D eigenvalue weighted by Crippen LogP contribution is 2.04. The summed E-state index contributed by atoms with van der Waals surface area (Å²) in [6, 6.07) is 0.400. The first-order valence-corrected chi connectivity index (χ1v) is 5.24. The first-order chi connectivity index (χ1) is 6.06. The van der Waals surface area contributed by atoms with Crippen molar-refractivity contribution in [2.45, 2.75) is 33.2 Å². The second-order valence-electron chi connectivity index (χ2n) is 4.37. The van der Waals surface area contributed by atoms with Crippen LogP contribution in [-0.2, 0) is 0 Å². The summed E-state index contributed by atoms with van der Waals surface area (Å²) in [6.07, 6.45) is 1.14. The maximum Gasteiger partial charge on any atom is 0.0180 e. The molecule has 1 fully saturated rings. The highest BCUT2D eigenvalue weighted by Gasteiger charge is 2.17. The third kappa shape index (κ3) is 8.22. The van der Waals surface area contributed by atoms with Crippen LogP contribution in [0.3, 0.4) is 0 Å². The van der Waals surface area contributed by atoms with E-state index in [4.69, 9.17) is 11.5 Å². The zero-order valence-electron chi connectivity index (χ0n) is 9.29. The second-order valence-corrected chi connectivity index (χ2v) is 4.37. The minimum atomic E-state index is 0.400. The molecule has 1 rings (SSSR count). The van der Waals surface area contributed by atoms with Gasteiger partial charge in [0.2, 0.25) is 0 Å². The maximum absolute atomic E-state index is 5.67. The van der Waals surface area contributed by atoms with E-state index in [0.717, 1.165) is 38.5 Å². The molecule has 3 heteroatoms. The molecule has 0 aliphatic carbocycles. The molecular weight excluding hydrogens is 162 g/mol. The van der Waals surface area contributed by atoms with Gasteiger partial charge in [0.05, 0.1) is 0 Å². The highest BCUT2D eigenvalue weighted by molar-refractivity contribution is 4.77. The lowest BCUT2D eigenvalue weighted by molar-refractivity contribution is 0.344. The Morgan fingerprint density at radius 1 is 1.38 bits per heavy atom. The normalized spacial score (nSPS) is 23.1. The van der Waals surface area contributed by atoms with E-state index >= 15 is 0 Å². The van der Waals surface area contributed by atoms with Crippen LogP contribution in [0.1, 0.15) is 27.2 Å². The van der Waals surface area contributed by atoms with E-state index in [2.05, 4.69) is 25.7 Å². The van der Waals surface area contributed by atoms with Crippen molar-refractivity contribution < 1.29 is 0 Å². The van der Waals surface area contributed by atoms with Crippen molar-refractivity contribution in [3.8, 4) is 0 Å². The van der Waals surface area contributed by atoms with Gasteiger partial charge < -0.3 is 16.4 Å². The molecule has 1 saturated heterocycles. The topological polar surface area (TPSA) is 55.3 Å². The van der Waals surface area contributed by atoms with Gasteiger partial charge in [0.25, 0.3) is 0 Å². The Kier molecular flexibility index (Phi) is 7.23. The monoisotopic (exact) mass is 187 g/mol. The van der Waals surface area contributed by atoms with Crippen LogP contribution in [0.2, 0.25) is 0 Å². The Bertz CT molecular complexity index is 110. The lowest BCUT2D eigenvalue weighted by atomic mass is 10.3. The summed E-state index contributed by atoms with van der Waals surface area (Å²) in [7, 11) is 0. The van der Waals surface area contributed by atoms with Crippen LogP contribution < -0.4 is 11.5 Å². The first kappa shape index (κ1) is 12.9. The largest absolute Gasteiger partial charge is 0.329 e. The molecule has 13 heavy (non-hydrogen) atoms. The smallest absolute Gasteiger partial charge is 0.0180 e. The van der Waals surface area contributed by atoms with Gasteiger partial charge in [-0.3, -0.25) is 0 Å². The van der Waals surface area contributed by atoms with Crippen molar-refractivity contribution in [2.24, 2.45) is 17.4 Å². The molecule has 0 bridgehead atoms. The quantitative estimate of drug-likeness (QED) is 0.667. The average Bonchev–Trinajstić information content (AvgIpc) is 2.35. The lowest BCUT2D eigenvalue weighted by Gasteiger charge is -2.12. The summed E-state index contributed by atoms with van der Waals surface area (Å²) < 4.78 is 0. The molecule has 3 nitrogen and oxygen atoms in total. The van der Waals surface area contributed by atoms with Crippen LogP contribution in [0.4, 0.5) is 0 Å². The van der Waals surface area contributed by atoms with Gasteiger partial charge in [0.1, 0.15) is 0 Å². The van der Waals surface area contributed by atoms with Crippen LogP contribution in [0.25, 0.3) is 0 Å². The molecule has 1 unspecified atom stereocenters. The van der Waals surface area contributed by atoms with Gasteiger partial charge in [0, 0.05) is 25.7 Å². The second kappa shape index (κ2) is 7.30. The van der Waals surface area contributed by atoms with Crippen molar-refractivity contribution in [3.63, 3.8) is 0 Å². The van der Waals surface area contributed by atoms with Crippen molar-refractivity contribution >= 4 is 0 Å². The molecule has 0 amide bonds. The number of hydrogen-bond donors (Lipinski definition) is 2. The molecule has 80 valence electrons. The van der Waals surface area contributed by atoms with E-state index in [1.165, 1.54) is 0 Å². The molecule has 1 aliphatic rings. The van der Waals surface area contributed by atoms with Crippen LogP contribution in [0.15, 0.2) is 0 Å². The summed E-state index contributed by atoms with van der Waals surface area (Å²) in [5.74, 6) is 0.833. The van der Waals surface area contributed by atoms with Gasteiger partial charge in [-0.25, -0.2) is 0 Å². The molecule has 1 aliphatic heterocycles. The molecule has 1 heterocycles. The van der Waals surface area contributed by atoms with Crippen LogP contribution in [-0.4, -0.2) is 37.1 Å². The standard InChI is InChI=1S/C6H15N3.C4H10/c7-2-4-9-3-1-6(8)5-9;1-4(2)3/h6H,1-5,7-8H2;4H,1-3H3. The Labute approximate surface area is 82.5 Å². The molecular formula is C10H25N3. The zero-order chi connectivity index (χ0) is 10.3. The van der Waals surface area contributed by atoms with Crippen molar-refractivity contribution in [1.82, 2.24) is 4.90 Å². The van der Waals surface area contributed by atoms with Gasteiger partial charge in [-0.05, 0) is 18.9 Å². The summed E-state index contributed by atoms with van der Waals surface area (Å²) >= 11 is 0. The Hall–Kier alpha value is -0.120. The SMILES string of the molecule is CC(C)C.NCCN1CCC(N)C1. The Morgan fingerprint density at radius 2 is 1.92 bits per heavy atom. The summed E-state index contributed by atoms with van der Waals surface area (Å²) in [5.41, 5.74) is 11.0. The number of nitrogens with zero attached hydrogens (tertiary/aromatic N) is 1. The van der Waals surface area contributed by atoms with Crippen molar-refractivity contribution in [3.05, 3.63) is 0 Å². The summed E-state index contributed by atoms with van der Waals surface area (Å²) in [4.78, 5) is 2.31. The van der Waals surface area contributed by atoms with E-state index in [-0.39, 0.29) is 0 Å². The molecule has 0 aromatic heterocycles. The first-order valence-electron chi connectivity index (χ1n) is 5.24. The van der Waals surface area contributed by atoms with E-state index in [1.807, 2.05) is 0 Å². The van der Waals surface area contributed by atoms with Crippen LogP contribution >= 0.6 is 0 Å². The van der Waals surface area contributed by atoms with E-state index in [1.54, 1.807) is 0 Å². The maximum atomic E-state index is 5.67. The molecule has 4 N–H and O–H groups in total. The number of hydrogen-bond acceptors (Lipinski definition) is 3. The molecule has 0 radical (unpaired) electrons. The number of likely N-dealkylation sites (tertiary alicyclic amines) is 1. The number of rotatable bonds is 2. The zero-order valence-corrected chi connectivity index (χ0v) is 9.29. The molecule has 0 aromatic carbocycles. The third-order valence-corrected chi connectivity index (χ3v) is 1.75. The highest BCUT2D eigenvalue weighted by atomic mass is 15.2. The molecule has 1 atom stereocenters. The predicted octanol–water partition coefficient (Wildman–Crippen LogP) is 0.640. The molecule has 0 spiro atoms. The Morgan fingerprint density at radius 3 is 2.23 bits per heavy atom. The van der Waals surface area contributed by atoms with Crippen LogP contribution in [0.5, 0.6) is 0 Å².